The number of nitrogens with one attached hydrogen (secondary N) is 1. The summed E-state index contributed by atoms with van der Waals surface area (Å²) in [5.41, 5.74) is 3.12. The molecule has 3 aromatic rings. The van der Waals surface area contributed by atoms with Gasteiger partial charge in [0.1, 0.15) is 18.2 Å². The Labute approximate surface area is 292 Å². The predicted octanol–water partition coefficient (Wildman–Crippen LogP) is 5.95. The van der Waals surface area contributed by atoms with E-state index in [2.05, 4.69) is 5.32 Å². The van der Waals surface area contributed by atoms with Gasteiger partial charge in [0.05, 0.1) is 30.8 Å². The Balaban J connectivity index is 1.37. The van der Waals surface area contributed by atoms with Crippen molar-refractivity contribution in [3.63, 3.8) is 0 Å². The van der Waals surface area contributed by atoms with Crippen LogP contribution in [0, 0.1) is 12.8 Å². The molecular formula is C39H44N2O7S. The molecule has 1 saturated heterocycles. The van der Waals surface area contributed by atoms with Crippen molar-refractivity contribution in [2.75, 3.05) is 20.3 Å². The number of benzene rings is 3. The molecule has 2 amide bonds. The van der Waals surface area contributed by atoms with Gasteiger partial charge >= 0.3 is 12.1 Å². The third-order valence-corrected chi connectivity index (χ3v) is 10.2. The molecule has 1 fully saturated rings. The SMILES string of the molecule is Cc1ccccc1S[C@H]1C=COC(=O)[C@@H]1N(C)C(=O)[C@@H](C[C@H](O)[C@@H](CC=Cc1ccccc1)Cc1ccccc1)NC(=O)O[C@H]1CCOC1. The van der Waals surface area contributed by atoms with Crippen molar-refractivity contribution in [3.8, 4) is 0 Å². The van der Waals surface area contributed by atoms with E-state index in [9.17, 15) is 19.5 Å². The second kappa shape index (κ2) is 17.9. The van der Waals surface area contributed by atoms with Crippen molar-refractivity contribution in [2.45, 2.75) is 67.0 Å². The minimum atomic E-state index is -1.19. The topological polar surface area (TPSA) is 114 Å². The summed E-state index contributed by atoms with van der Waals surface area (Å²) in [5, 5.41) is 14.1. The van der Waals surface area contributed by atoms with Gasteiger partial charge in [0, 0.05) is 24.8 Å². The number of likely N-dealkylation sites (N-methyl/N-ethyl adjacent to an activating group) is 1. The third-order valence-electron chi connectivity index (χ3n) is 8.79. The number of allylic oxidation sites excluding steroid dienone is 1. The van der Waals surface area contributed by atoms with Gasteiger partial charge in [-0.15, -0.1) is 11.8 Å². The van der Waals surface area contributed by atoms with Crippen LogP contribution in [0.15, 0.2) is 108 Å². The number of carbonyl (C=O) groups is 3. The molecule has 0 radical (unpaired) electrons. The van der Waals surface area contributed by atoms with Crippen molar-refractivity contribution in [1.29, 1.82) is 0 Å². The number of rotatable bonds is 14. The molecule has 0 aromatic heterocycles. The molecule has 2 aliphatic rings. The second-order valence-corrected chi connectivity index (χ2v) is 13.6. The Morgan fingerprint density at radius 2 is 1.78 bits per heavy atom. The molecule has 2 heterocycles. The van der Waals surface area contributed by atoms with E-state index >= 15 is 0 Å². The van der Waals surface area contributed by atoms with E-state index in [0.29, 0.717) is 25.9 Å². The van der Waals surface area contributed by atoms with Gasteiger partial charge in [-0.3, -0.25) is 4.79 Å². The highest BCUT2D eigenvalue weighted by atomic mass is 32.2. The molecule has 5 rings (SSSR count). The average Bonchev–Trinajstić information content (AvgIpc) is 3.62. The van der Waals surface area contributed by atoms with Gasteiger partial charge in [-0.1, -0.05) is 91.0 Å². The number of alkyl carbamates (subject to hydrolysis) is 1. The van der Waals surface area contributed by atoms with E-state index in [4.69, 9.17) is 14.2 Å². The number of esters is 1. The van der Waals surface area contributed by atoms with Gasteiger partial charge in [-0.25, -0.2) is 9.59 Å². The molecule has 10 heteroatoms. The molecule has 0 bridgehead atoms. The van der Waals surface area contributed by atoms with Crippen LogP contribution >= 0.6 is 11.8 Å². The number of ether oxygens (including phenoxy) is 3. The summed E-state index contributed by atoms with van der Waals surface area (Å²) in [4.78, 5) is 42.9. The first kappa shape index (κ1) is 35.9. The van der Waals surface area contributed by atoms with Crippen LogP contribution in [0.5, 0.6) is 0 Å². The van der Waals surface area contributed by atoms with Crippen LogP contribution in [0.1, 0.15) is 36.0 Å². The number of aryl methyl sites for hydroxylation is 1. The van der Waals surface area contributed by atoms with E-state index < -0.39 is 47.5 Å². The molecule has 2 N–H and O–H groups in total. The summed E-state index contributed by atoms with van der Waals surface area (Å²) in [6, 6.07) is 25.4. The molecule has 3 aromatic carbocycles. The summed E-state index contributed by atoms with van der Waals surface area (Å²) < 4.78 is 16.2. The largest absolute Gasteiger partial charge is 0.444 e. The first-order chi connectivity index (χ1) is 23.8. The molecule has 6 atom stereocenters. The van der Waals surface area contributed by atoms with E-state index in [-0.39, 0.29) is 18.9 Å². The second-order valence-electron chi connectivity index (χ2n) is 12.4. The molecule has 9 nitrogen and oxygen atoms in total. The number of aliphatic hydroxyl groups excluding tert-OH is 1. The summed E-state index contributed by atoms with van der Waals surface area (Å²) in [6.07, 6.45) is 6.48. The maximum atomic E-state index is 14.3. The zero-order chi connectivity index (χ0) is 34.6. The number of thioether (sulfide) groups is 1. The van der Waals surface area contributed by atoms with Crippen LogP contribution in [0.3, 0.4) is 0 Å². The van der Waals surface area contributed by atoms with Crippen LogP contribution < -0.4 is 5.32 Å². The van der Waals surface area contributed by atoms with Crippen molar-refractivity contribution in [1.82, 2.24) is 10.2 Å². The maximum Gasteiger partial charge on any atom is 0.408 e. The lowest BCUT2D eigenvalue weighted by molar-refractivity contribution is -0.151. The molecule has 258 valence electrons. The van der Waals surface area contributed by atoms with Gasteiger partial charge in [0.2, 0.25) is 5.91 Å². The minimum Gasteiger partial charge on any atom is -0.444 e. The van der Waals surface area contributed by atoms with Crippen molar-refractivity contribution in [2.24, 2.45) is 5.92 Å². The van der Waals surface area contributed by atoms with Gasteiger partial charge in [0.25, 0.3) is 0 Å². The van der Waals surface area contributed by atoms with Gasteiger partial charge in [0.15, 0.2) is 0 Å². The van der Waals surface area contributed by atoms with Gasteiger partial charge < -0.3 is 29.5 Å². The third kappa shape index (κ3) is 10.3. The van der Waals surface area contributed by atoms with E-state index in [1.54, 1.807) is 6.08 Å². The lowest BCUT2D eigenvalue weighted by Gasteiger charge is -2.36. The first-order valence-electron chi connectivity index (χ1n) is 16.6. The number of carbonyl (C=O) groups excluding carboxylic acids is 3. The molecule has 49 heavy (non-hydrogen) atoms. The number of amides is 2. The highest BCUT2D eigenvalue weighted by molar-refractivity contribution is 8.00. The average molecular weight is 685 g/mol. The molecule has 0 spiro atoms. The summed E-state index contributed by atoms with van der Waals surface area (Å²) in [5.74, 6) is -1.40. The maximum absolute atomic E-state index is 14.3. The van der Waals surface area contributed by atoms with Crippen LogP contribution in [0.4, 0.5) is 4.79 Å². The number of aliphatic hydroxyl groups is 1. The Morgan fingerprint density at radius 1 is 1.06 bits per heavy atom. The van der Waals surface area contributed by atoms with Crippen LogP contribution in [-0.4, -0.2) is 77.8 Å². The zero-order valence-corrected chi connectivity index (χ0v) is 28.7. The normalized spacial score (nSPS) is 20.7. The Morgan fingerprint density at radius 3 is 2.49 bits per heavy atom. The summed E-state index contributed by atoms with van der Waals surface area (Å²) >= 11 is 1.46. The quantitative estimate of drug-likeness (QED) is 0.200. The smallest absolute Gasteiger partial charge is 0.408 e. The number of cyclic esters (lactones) is 1. The fourth-order valence-corrected chi connectivity index (χ4v) is 7.29. The molecule has 0 saturated carbocycles. The van der Waals surface area contributed by atoms with Crippen LogP contribution in [0.25, 0.3) is 6.08 Å². The molecule has 0 aliphatic carbocycles. The Hall–Kier alpha value is -4.38. The highest BCUT2D eigenvalue weighted by Gasteiger charge is 2.41. The molecule has 2 aliphatic heterocycles. The highest BCUT2D eigenvalue weighted by Crippen LogP contribution is 2.33. The molecule has 0 unspecified atom stereocenters. The number of nitrogens with zero attached hydrogens (tertiary/aromatic N) is 1. The van der Waals surface area contributed by atoms with E-state index in [1.165, 1.54) is 30.0 Å². The predicted molar refractivity (Wildman–Crippen MR) is 190 cm³/mol. The lowest BCUT2D eigenvalue weighted by atomic mass is 9.87. The van der Waals surface area contributed by atoms with E-state index in [0.717, 1.165) is 21.6 Å². The number of hydrogen-bond donors (Lipinski definition) is 2. The van der Waals surface area contributed by atoms with Crippen molar-refractivity contribution >= 4 is 35.8 Å². The minimum absolute atomic E-state index is 0.0939. The fourth-order valence-electron chi connectivity index (χ4n) is 6.02. The summed E-state index contributed by atoms with van der Waals surface area (Å²) in [7, 11) is 1.53. The first-order valence-corrected chi connectivity index (χ1v) is 17.5. The van der Waals surface area contributed by atoms with Crippen LogP contribution in [-0.2, 0) is 30.2 Å². The van der Waals surface area contributed by atoms with Crippen LogP contribution in [0.2, 0.25) is 0 Å². The van der Waals surface area contributed by atoms with Crippen molar-refractivity contribution in [3.05, 3.63) is 120 Å². The molecular weight excluding hydrogens is 641 g/mol. The zero-order valence-electron chi connectivity index (χ0n) is 27.9. The Kier molecular flexibility index (Phi) is 13.1. The monoisotopic (exact) mass is 684 g/mol. The number of hydrogen-bond acceptors (Lipinski definition) is 8. The van der Waals surface area contributed by atoms with Gasteiger partial charge in [-0.05, 0) is 54.5 Å². The van der Waals surface area contributed by atoms with Gasteiger partial charge in [-0.2, -0.15) is 0 Å². The fraction of sp³-hybridized carbons (Fsp3) is 0.359. The summed E-state index contributed by atoms with van der Waals surface area (Å²) in [6.45, 7) is 2.75. The standard InChI is InChI=1S/C39H44N2O7S/c1-27-12-9-10-19-34(27)49-35-21-23-47-38(44)36(35)41(2)37(43)32(40-39(45)48-31-20-22-46-26-31)25-33(42)30(24-29-15-7-4-8-16-29)18-11-17-28-13-5-3-6-14-28/h3-17,19,21,23,30-33,35-36,42H,18,20,22,24-26H2,1-2H3,(H,40,45)/t30-,31-,32+,33-,35-,36+/m0/s1. The Bertz CT molecular complexity index is 1590. The van der Waals surface area contributed by atoms with Crippen molar-refractivity contribution < 1.29 is 33.7 Å². The lowest BCUT2D eigenvalue weighted by Crippen LogP contribution is -2.57. The van der Waals surface area contributed by atoms with E-state index in [1.807, 2.05) is 104 Å².